The van der Waals surface area contributed by atoms with Gasteiger partial charge in [-0.05, 0) is 26.0 Å². The van der Waals surface area contributed by atoms with Crippen molar-refractivity contribution in [2.24, 2.45) is 17.5 Å². The van der Waals surface area contributed by atoms with E-state index in [1.54, 1.807) is 4.90 Å². The number of aryl methyl sites for hydroxylation is 2. The fourth-order valence-electron chi connectivity index (χ4n) is 4.83. The molecular formula is C25H29ClN6O2. The van der Waals surface area contributed by atoms with Crippen LogP contribution in [0.25, 0.3) is 5.69 Å². The van der Waals surface area contributed by atoms with E-state index >= 15 is 0 Å². The minimum absolute atomic E-state index is 0.0105. The molecule has 0 spiro atoms. The molecule has 3 aromatic rings. The Labute approximate surface area is 204 Å². The number of carbonyl (C=O) groups is 1. The quantitative estimate of drug-likeness (QED) is 0.558. The van der Waals surface area contributed by atoms with E-state index in [0.717, 1.165) is 34.0 Å². The fraction of sp³-hybridized carbons (Fsp3) is 0.440. The normalized spacial score (nSPS) is 18.4. The molecule has 0 aliphatic carbocycles. The first kappa shape index (κ1) is 22.8. The highest BCUT2D eigenvalue weighted by molar-refractivity contribution is 6.30. The zero-order valence-electron chi connectivity index (χ0n) is 20.2. The van der Waals surface area contributed by atoms with E-state index in [2.05, 4.69) is 34.8 Å². The second-order valence-corrected chi connectivity index (χ2v) is 10.2. The van der Waals surface area contributed by atoms with Crippen molar-refractivity contribution >= 4 is 23.2 Å². The summed E-state index contributed by atoms with van der Waals surface area (Å²) >= 11 is 6.17. The van der Waals surface area contributed by atoms with Gasteiger partial charge < -0.3 is 14.2 Å². The lowest BCUT2D eigenvalue weighted by atomic mass is 9.88. The third kappa shape index (κ3) is 3.84. The van der Waals surface area contributed by atoms with E-state index in [0.29, 0.717) is 30.6 Å². The molecule has 34 heavy (non-hydrogen) atoms. The van der Waals surface area contributed by atoms with Crippen molar-refractivity contribution in [3.05, 3.63) is 64.0 Å². The minimum atomic E-state index is -0.468. The number of halogens is 1. The van der Waals surface area contributed by atoms with Gasteiger partial charge in [0.2, 0.25) is 5.91 Å². The van der Waals surface area contributed by atoms with Gasteiger partial charge in [0.05, 0.1) is 31.0 Å². The lowest BCUT2D eigenvalue weighted by molar-refractivity contribution is -0.142. The second kappa shape index (κ2) is 8.36. The van der Waals surface area contributed by atoms with Crippen molar-refractivity contribution in [3.8, 4) is 5.69 Å². The average Bonchev–Trinajstić information content (AvgIpc) is 3.25. The van der Waals surface area contributed by atoms with Crippen LogP contribution in [0.5, 0.6) is 0 Å². The number of nitrogens with zero attached hydrogens (tertiary/aromatic N) is 6. The molecule has 1 atom stereocenters. The van der Waals surface area contributed by atoms with Crippen LogP contribution in [0, 0.1) is 19.3 Å². The number of ether oxygens (including phenoxy) is 1. The van der Waals surface area contributed by atoms with Gasteiger partial charge in [-0.1, -0.05) is 30.7 Å². The van der Waals surface area contributed by atoms with Crippen molar-refractivity contribution in [2.45, 2.75) is 33.2 Å². The van der Waals surface area contributed by atoms with E-state index in [4.69, 9.17) is 21.3 Å². The minimum Gasteiger partial charge on any atom is -0.380 e. The van der Waals surface area contributed by atoms with Crippen LogP contribution >= 0.6 is 11.6 Å². The summed E-state index contributed by atoms with van der Waals surface area (Å²) in [5, 5.41) is 9.49. The van der Waals surface area contributed by atoms with Crippen molar-refractivity contribution in [3.63, 3.8) is 0 Å². The summed E-state index contributed by atoms with van der Waals surface area (Å²) in [5.41, 5.74) is 4.84. The Bertz CT molecular complexity index is 1290. The molecule has 2 aliphatic rings. The molecule has 178 valence electrons. The van der Waals surface area contributed by atoms with Gasteiger partial charge in [-0.2, -0.15) is 0 Å². The summed E-state index contributed by atoms with van der Waals surface area (Å²) in [6, 6.07) is 7.20. The third-order valence-electron chi connectivity index (χ3n) is 6.80. The molecule has 0 radical (unpaired) electrons. The Balaban J connectivity index is 1.59. The first-order valence-corrected chi connectivity index (χ1v) is 11.8. The van der Waals surface area contributed by atoms with Crippen LogP contribution in [0.3, 0.4) is 0 Å². The number of carbonyl (C=O) groups excluding carboxylic acids is 1. The highest BCUT2D eigenvalue weighted by Crippen LogP contribution is 2.35. The Kier molecular flexibility index (Phi) is 5.61. The van der Waals surface area contributed by atoms with Gasteiger partial charge in [-0.25, -0.2) is 0 Å². The maximum Gasteiger partial charge on any atom is 0.224 e. The molecule has 1 fully saturated rings. The van der Waals surface area contributed by atoms with Gasteiger partial charge in [0.1, 0.15) is 11.9 Å². The third-order valence-corrected chi connectivity index (χ3v) is 7.06. The highest BCUT2D eigenvalue weighted by atomic mass is 35.5. The number of benzene rings is 1. The number of amides is 1. The van der Waals surface area contributed by atoms with Crippen LogP contribution in [-0.4, -0.2) is 62.7 Å². The van der Waals surface area contributed by atoms with Gasteiger partial charge in [0, 0.05) is 54.1 Å². The van der Waals surface area contributed by atoms with E-state index < -0.39 is 6.04 Å². The number of aliphatic imine (C=N–C) groups is 1. The predicted molar refractivity (Wildman–Crippen MR) is 131 cm³/mol. The van der Waals surface area contributed by atoms with Gasteiger partial charge in [-0.15, -0.1) is 10.2 Å². The Morgan fingerprint density at radius 2 is 1.94 bits per heavy atom. The molecule has 2 aromatic heterocycles. The lowest BCUT2D eigenvalue weighted by Crippen LogP contribution is -2.49. The maximum absolute atomic E-state index is 13.3. The van der Waals surface area contributed by atoms with Crippen LogP contribution in [0.2, 0.25) is 5.02 Å². The molecule has 0 bridgehead atoms. The molecular weight excluding hydrogens is 452 g/mol. The van der Waals surface area contributed by atoms with Crippen LogP contribution in [0.15, 0.2) is 35.5 Å². The molecule has 9 heteroatoms. The zero-order chi connectivity index (χ0) is 24.2. The summed E-state index contributed by atoms with van der Waals surface area (Å²) < 4.78 is 9.48. The van der Waals surface area contributed by atoms with Gasteiger partial charge in [0.15, 0.2) is 5.82 Å². The molecule has 5 rings (SSSR count). The van der Waals surface area contributed by atoms with E-state index in [1.165, 1.54) is 0 Å². The van der Waals surface area contributed by atoms with Crippen LogP contribution in [0.4, 0.5) is 0 Å². The number of hydrogen-bond donors (Lipinski definition) is 0. The first-order valence-electron chi connectivity index (χ1n) is 11.4. The number of aromatic nitrogens is 4. The van der Waals surface area contributed by atoms with E-state index in [-0.39, 0.29) is 17.7 Å². The largest absolute Gasteiger partial charge is 0.380 e. The number of fused-ring (bicyclic) bond motifs is 3. The molecule has 1 saturated heterocycles. The molecule has 1 unspecified atom stereocenters. The van der Waals surface area contributed by atoms with Gasteiger partial charge >= 0.3 is 0 Å². The molecule has 8 nitrogen and oxygen atoms in total. The Morgan fingerprint density at radius 1 is 1.24 bits per heavy atom. The van der Waals surface area contributed by atoms with E-state index in [1.807, 2.05) is 49.9 Å². The molecule has 1 aromatic carbocycles. The maximum atomic E-state index is 13.3. The van der Waals surface area contributed by atoms with Crippen molar-refractivity contribution in [1.29, 1.82) is 0 Å². The Morgan fingerprint density at radius 3 is 2.59 bits per heavy atom. The smallest absolute Gasteiger partial charge is 0.224 e. The fourth-order valence-corrected chi connectivity index (χ4v) is 4.95. The van der Waals surface area contributed by atoms with Gasteiger partial charge in [0.25, 0.3) is 0 Å². The predicted octanol–water partition coefficient (Wildman–Crippen LogP) is 3.65. The van der Waals surface area contributed by atoms with Crippen molar-refractivity contribution < 1.29 is 9.53 Å². The molecule has 2 aliphatic heterocycles. The summed E-state index contributed by atoms with van der Waals surface area (Å²) in [6.45, 7) is 8.15. The molecule has 0 N–H and O–H groups in total. The molecule has 1 amide bonds. The SMILES string of the molecule is Cc1c2c(cn1C)-n1c(C)nnc1C(CC(=O)N(C)CC1(C)COC1)N=C2c1ccc(Cl)cc1. The topological polar surface area (TPSA) is 77.5 Å². The zero-order valence-corrected chi connectivity index (χ0v) is 20.9. The monoisotopic (exact) mass is 480 g/mol. The molecule has 0 saturated carbocycles. The average molecular weight is 481 g/mol. The summed E-state index contributed by atoms with van der Waals surface area (Å²) in [6.07, 6.45) is 2.28. The summed E-state index contributed by atoms with van der Waals surface area (Å²) in [4.78, 5) is 20.3. The standard InChI is InChI=1S/C25H29ClN6O2/c1-15-22-20(11-30(15)4)32-16(2)28-29-24(32)19(27-23(22)17-6-8-18(26)9-7-17)10-21(33)31(5)12-25(3)13-34-14-25/h6-9,11,19H,10,12-14H2,1-5H3. The van der Waals surface area contributed by atoms with Crippen LogP contribution < -0.4 is 0 Å². The first-order chi connectivity index (χ1) is 16.2. The second-order valence-electron chi connectivity index (χ2n) is 9.78. The van der Waals surface area contributed by atoms with Crippen LogP contribution in [0.1, 0.15) is 47.9 Å². The highest BCUT2D eigenvalue weighted by Gasteiger charge is 2.37. The lowest BCUT2D eigenvalue weighted by Gasteiger charge is -2.40. The van der Waals surface area contributed by atoms with Gasteiger partial charge in [-0.3, -0.25) is 14.4 Å². The Hall–Kier alpha value is -2.97. The van der Waals surface area contributed by atoms with E-state index in [9.17, 15) is 4.79 Å². The number of rotatable bonds is 5. The number of hydrogen-bond acceptors (Lipinski definition) is 5. The molecule has 4 heterocycles. The van der Waals surface area contributed by atoms with Crippen molar-refractivity contribution in [2.75, 3.05) is 26.8 Å². The summed E-state index contributed by atoms with van der Waals surface area (Å²) in [7, 11) is 3.87. The van der Waals surface area contributed by atoms with Crippen LogP contribution in [-0.2, 0) is 16.6 Å². The van der Waals surface area contributed by atoms with Crippen molar-refractivity contribution in [1.82, 2.24) is 24.2 Å². The summed E-state index contributed by atoms with van der Waals surface area (Å²) in [5.74, 6) is 1.46.